The van der Waals surface area contributed by atoms with Crippen LogP contribution in [-0.4, -0.2) is 79.6 Å². The fraction of sp³-hybridized carbons (Fsp3) is 0.724. The van der Waals surface area contributed by atoms with Crippen molar-refractivity contribution in [1.29, 1.82) is 0 Å². The Kier molecular flexibility index (Phi) is 8.87. The smallest absolute Gasteiger partial charge is 0.223 e. The standard InChI is InChI=1S/C29H46N4O2/c1-20-16-21(2)18-33(17-20)13-7-12-30-28(34)25-10-14-32(15-11-25)19-26-24(5)35-29(31-26)27-22(3)8-6-9-23(27)4/h6,8-9,20-21,24-26H,7,10-19H2,1-5H3,(H,30,34)/t20-,21+,24?,26?. The first-order valence-electron chi connectivity index (χ1n) is 13.8. The summed E-state index contributed by atoms with van der Waals surface area (Å²) in [6, 6.07) is 6.47. The lowest BCUT2D eigenvalue weighted by Gasteiger charge is -2.35. The number of hydrogen-bond donors (Lipinski definition) is 1. The van der Waals surface area contributed by atoms with E-state index in [1.165, 1.54) is 30.6 Å². The number of ether oxygens (including phenoxy) is 1. The molecule has 4 atom stereocenters. The molecule has 194 valence electrons. The molecule has 0 aliphatic carbocycles. The molecule has 3 aliphatic rings. The van der Waals surface area contributed by atoms with Crippen LogP contribution in [-0.2, 0) is 9.53 Å². The second kappa shape index (κ2) is 11.9. The molecule has 0 spiro atoms. The highest BCUT2D eigenvalue weighted by Crippen LogP contribution is 2.25. The number of aryl methyl sites for hydroxylation is 2. The van der Waals surface area contributed by atoms with Gasteiger partial charge in [-0.2, -0.15) is 0 Å². The van der Waals surface area contributed by atoms with Crippen LogP contribution < -0.4 is 5.32 Å². The molecule has 2 fully saturated rings. The summed E-state index contributed by atoms with van der Waals surface area (Å²) in [5.41, 5.74) is 3.56. The number of hydrogen-bond acceptors (Lipinski definition) is 5. The number of nitrogens with one attached hydrogen (secondary N) is 1. The predicted molar refractivity (Wildman–Crippen MR) is 143 cm³/mol. The lowest BCUT2D eigenvalue weighted by atomic mass is 9.92. The van der Waals surface area contributed by atoms with Gasteiger partial charge in [0, 0.05) is 37.7 Å². The Morgan fingerprint density at radius 1 is 1.06 bits per heavy atom. The van der Waals surface area contributed by atoms with Gasteiger partial charge in [0.05, 0.1) is 0 Å². The van der Waals surface area contributed by atoms with Crippen LogP contribution in [0.25, 0.3) is 0 Å². The molecular formula is C29H46N4O2. The van der Waals surface area contributed by atoms with E-state index in [9.17, 15) is 4.79 Å². The van der Waals surface area contributed by atoms with E-state index in [-0.39, 0.29) is 24.0 Å². The van der Waals surface area contributed by atoms with E-state index in [4.69, 9.17) is 9.73 Å². The van der Waals surface area contributed by atoms with E-state index in [1.807, 2.05) is 0 Å². The van der Waals surface area contributed by atoms with Crippen molar-refractivity contribution in [2.75, 3.05) is 45.8 Å². The Hall–Kier alpha value is -1.92. The van der Waals surface area contributed by atoms with E-state index in [2.05, 4.69) is 67.9 Å². The van der Waals surface area contributed by atoms with Crippen LogP contribution in [0.1, 0.15) is 63.1 Å². The Bertz CT molecular complexity index is 862. The van der Waals surface area contributed by atoms with Gasteiger partial charge in [-0.15, -0.1) is 0 Å². The monoisotopic (exact) mass is 482 g/mol. The average molecular weight is 483 g/mol. The molecular weight excluding hydrogens is 436 g/mol. The summed E-state index contributed by atoms with van der Waals surface area (Å²) in [5.74, 6) is 2.77. The summed E-state index contributed by atoms with van der Waals surface area (Å²) < 4.78 is 6.19. The van der Waals surface area contributed by atoms with E-state index >= 15 is 0 Å². The van der Waals surface area contributed by atoms with Crippen molar-refractivity contribution in [3.8, 4) is 0 Å². The van der Waals surface area contributed by atoms with Crippen LogP contribution in [0.2, 0.25) is 0 Å². The van der Waals surface area contributed by atoms with E-state index < -0.39 is 0 Å². The molecule has 3 heterocycles. The number of amides is 1. The molecule has 1 N–H and O–H groups in total. The van der Waals surface area contributed by atoms with E-state index in [0.29, 0.717) is 0 Å². The van der Waals surface area contributed by atoms with Crippen molar-refractivity contribution in [2.24, 2.45) is 22.7 Å². The molecule has 35 heavy (non-hydrogen) atoms. The summed E-state index contributed by atoms with van der Waals surface area (Å²) in [6.45, 7) is 18.2. The number of carbonyl (C=O) groups excluding carboxylic acids is 1. The van der Waals surface area contributed by atoms with E-state index in [1.54, 1.807) is 0 Å². The largest absolute Gasteiger partial charge is 0.472 e. The second-order valence-electron chi connectivity index (χ2n) is 11.5. The Balaban J connectivity index is 1.18. The van der Waals surface area contributed by atoms with Crippen LogP contribution in [0.4, 0.5) is 0 Å². The van der Waals surface area contributed by atoms with Gasteiger partial charge in [-0.05, 0) is 89.1 Å². The zero-order valence-electron chi connectivity index (χ0n) is 22.6. The number of likely N-dealkylation sites (tertiary alicyclic amines) is 2. The van der Waals surface area contributed by atoms with Crippen molar-refractivity contribution in [2.45, 2.75) is 72.4 Å². The zero-order valence-corrected chi connectivity index (χ0v) is 22.6. The molecule has 2 saturated heterocycles. The lowest BCUT2D eigenvalue weighted by molar-refractivity contribution is -0.126. The van der Waals surface area contributed by atoms with Crippen molar-refractivity contribution >= 4 is 11.8 Å². The second-order valence-corrected chi connectivity index (χ2v) is 11.5. The molecule has 4 rings (SSSR count). The summed E-state index contributed by atoms with van der Waals surface area (Å²) in [6.07, 6.45) is 4.34. The summed E-state index contributed by atoms with van der Waals surface area (Å²) >= 11 is 0. The molecule has 6 nitrogen and oxygen atoms in total. The zero-order chi connectivity index (χ0) is 24.9. The van der Waals surface area contributed by atoms with Gasteiger partial charge in [-0.1, -0.05) is 32.0 Å². The first-order chi connectivity index (χ1) is 16.8. The Labute approximate surface area is 212 Å². The van der Waals surface area contributed by atoms with Gasteiger partial charge in [-0.25, -0.2) is 4.99 Å². The fourth-order valence-electron chi connectivity index (χ4n) is 6.28. The highest BCUT2D eigenvalue weighted by molar-refractivity contribution is 5.98. The highest BCUT2D eigenvalue weighted by atomic mass is 16.5. The van der Waals surface area contributed by atoms with Crippen molar-refractivity contribution < 1.29 is 9.53 Å². The molecule has 0 saturated carbocycles. The van der Waals surface area contributed by atoms with Gasteiger partial charge >= 0.3 is 0 Å². The number of benzene rings is 1. The molecule has 0 bridgehead atoms. The number of rotatable bonds is 8. The number of carbonyl (C=O) groups is 1. The van der Waals surface area contributed by atoms with E-state index in [0.717, 1.165) is 75.3 Å². The van der Waals surface area contributed by atoms with Crippen molar-refractivity contribution in [3.63, 3.8) is 0 Å². The minimum Gasteiger partial charge on any atom is -0.472 e. The van der Waals surface area contributed by atoms with Crippen molar-refractivity contribution in [1.82, 2.24) is 15.1 Å². The summed E-state index contributed by atoms with van der Waals surface area (Å²) in [4.78, 5) is 22.7. The maximum Gasteiger partial charge on any atom is 0.223 e. The lowest BCUT2D eigenvalue weighted by Crippen LogP contribution is -2.44. The average Bonchev–Trinajstić information content (AvgIpc) is 3.16. The third kappa shape index (κ3) is 6.85. The molecule has 3 aliphatic heterocycles. The first kappa shape index (κ1) is 26.2. The maximum atomic E-state index is 12.7. The van der Waals surface area contributed by atoms with Gasteiger partial charge in [-0.3, -0.25) is 4.79 Å². The van der Waals surface area contributed by atoms with Crippen LogP contribution >= 0.6 is 0 Å². The highest BCUT2D eigenvalue weighted by Gasteiger charge is 2.33. The van der Waals surface area contributed by atoms with Gasteiger partial charge in [0.1, 0.15) is 12.1 Å². The quantitative estimate of drug-likeness (QED) is 0.569. The molecule has 1 amide bonds. The van der Waals surface area contributed by atoms with Gasteiger partial charge in [0.25, 0.3) is 0 Å². The van der Waals surface area contributed by atoms with Crippen molar-refractivity contribution in [3.05, 3.63) is 34.9 Å². The predicted octanol–water partition coefficient (Wildman–Crippen LogP) is 4.03. The third-order valence-electron chi connectivity index (χ3n) is 8.12. The van der Waals surface area contributed by atoms with Gasteiger partial charge in [0.15, 0.2) is 0 Å². The molecule has 0 radical (unpaired) electrons. The summed E-state index contributed by atoms with van der Waals surface area (Å²) in [5, 5.41) is 3.22. The fourth-order valence-corrected chi connectivity index (χ4v) is 6.28. The topological polar surface area (TPSA) is 57.2 Å². The van der Waals surface area contributed by atoms with Gasteiger partial charge < -0.3 is 19.9 Å². The SMILES string of the molecule is Cc1cccc(C)c1C1=NC(CN2CCC(C(=O)NCCCN3C[C@H](C)C[C@H](C)C3)CC2)C(C)O1. The molecule has 2 unspecified atom stereocenters. The normalized spacial score (nSPS) is 28.5. The number of piperidine rings is 2. The molecule has 1 aromatic rings. The number of nitrogens with zero attached hydrogens (tertiary/aromatic N) is 3. The third-order valence-corrected chi connectivity index (χ3v) is 8.12. The first-order valence-corrected chi connectivity index (χ1v) is 13.8. The van der Waals surface area contributed by atoms with Crippen LogP contribution in [0.3, 0.4) is 0 Å². The summed E-state index contributed by atoms with van der Waals surface area (Å²) in [7, 11) is 0. The molecule has 0 aromatic heterocycles. The van der Waals surface area contributed by atoms with Crippen LogP contribution in [0.5, 0.6) is 0 Å². The Morgan fingerprint density at radius 2 is 1.71 bits per heavy atom. The minimum absolute atomic E-state index is 0.0795. The molecule has 6 heteroatoms. The minimum atomic E-state index is 0.0795. The van der Waals surface area contributed by atoms with Crippen LogP contribution in [0, 0.1) is 31.6 Å². The van der Waals surface area contributed by atoms with Gasteiger partial charge in [0.2, 0.25) is 11.8 Å². The Morgan fingerprint density at radius 3 is 2.37 bits per heavy atom. The van der Waals surface area contributed by atoms with Crippen LogP contribution in [0.15, 0.2) is 23.2 Å². The maximum absolute atomic E-state index is 12.7. The number of aliphatic imine (C=N–C) groups is 1. The molecule has 1 aromatic carbocycles.